The molecule has 0 aliphatic carbocycles. The lowest BCUT2D eigenvalue weighted by Crippen LogP contribution is -2.78. The van der Waals surface area contributed by atoms with Crippen LogP contribution in [0, 0.1) is 12.8 Å². The summed E-state index contributed by atoms with van der Waals surface area (Å²) in [5.74, 6) is -2.91. The highest BCUT2D eigenvalue weighted by molar-refractivity contribution is 6.10. The molecular weight excluding hydrogens is 472 g/mol. The quantitative estimate of drug-likeness (QED) is 0.275. The number of esters is 2. The second kappa shape index (κ2) is 9.71. The normalized spacial score (nSPS) is 22.4. The predicted molar refractivity (Wildman–Crippen MR) is 137 cm³/mol. The molecule has 37 heavy (non-hydrogen) atoms. The van der Waals surface area contributed by atoms with Crippen molar-refractivity contribution >= 4 is 29.2 Å². The van der Waals surface area contributed by atoms with E-state index in [0.717, 1.165) is 11.1 Å². The number of para-hydroxylation sites is 1. The van der Waals surface area contributed by atoms with Crippen LogP contribution in [0.3, 0.4) is 0 Å². The van der Waals surface area contributed by atoms with Gasteiger partial charge in [-0.15, -0.1) is 0 Å². The highest BCUT2D eigenvalue weighted by Crippen LogP contribution is 2.58. The summed E-state index contributed by atoms with van der Waals surface area (Å²) in [5.41, 5.74) is 2.11. The van der Waals surface area contributed by atoms with E-state index in [9.17, 15) is 14.4 Å². The fourth-order valence-electron chi connectivity index (χ4n) is 5.44. The number of ether oxygens (including phenoxy) is 2. The van der Waals surface area contributed by atoms with Crippen LogP contribution in [0.4, 0.5) is 11.4 Å². The van der Waals surface area contributed by atoms with Crippen LogP contribution < -0.4 is 9.96 Å². The third-order valence-corrected chi connectivity index (χ3v) is 7.16. The molecule has 0 saturated carbocycles. The Morgan fingerprint density at radius 1 is 0.865 bits per heavy atom. The van der Waals surface area contributed by atoms with Gasteiger partial charge in [-0.3, -0.25) is 24.1 Å². The largest absolute Gasteiger partial charge is 0.468 e. The van der Waals surface area contributed by atoms with Crippen LogP contribution in [0.1, 0.15) is 23.7 Å². The second-order valence-electron chi connectivity index (χ2n) is 9.26. The lowest BCUT2D eigenvalue weighted by Gasteiger charge is -2.56. The molecular formula is C29H28N2O6. The summed E-state index contributed by atoms with van der Waals surface area (Å²) < 4.78 is 9.97. The van der Waals surface area contributed by atoms with Crippen LogP contribution in [-0.4, -0.2) is 43.6 Å². The van der Waals surface area contributed by atoms with Gasteiger partial charge >= 0.3 is 11.9 Å². The van der Waals surface area contributed by atoms with E-state index in [4.69, 9.17) is 14.3 Å². The zero-order valence-electron chi connectivity index (χ0n) is 20.9. The molecule has 0 unspecified atom stereocenters. The number of anilines is 2. The molecule has 3 atom stereocenters. The van der Waals surface area contributed by atoms with Crippen LogP contribution >= 0.6 is 0 Å². The Hall–Kier alpha value is -4.17. The average Bonchev–Trinajstić information content (AvgIpc) is 3.22. The number of nitrogens with zero attached hydrogens (tertiary/aromatic N) is 2. The number of benzene rings is 3. The number of hydrogen-bond acceptors (Lipinski definition) is 7. The fourth-order valence-corrected chi connectivity index (χ4v) is 5.44. The summed E-state index contributed by atoms with van der Waals surface area (Å²) in [6.07, 6.45) is -0.741. The zero-order valence-corrected chi connectivity index (χ0v) is 20.9. The molecule has 0 bridgehead atoms. The first-order valence-corrected chi connectivity index (χ1v) is 12.0. The van der Waals surface area contributed by atoms with E-state index in [-0.39, 0.29) is 12.3 Å². The van der Waals surface area contributed by atoms with E-state index in [1.807, 2.05) is 91.9 Å². The summed E-state index contributed by atoms with van der Waals surface area (Å²) in [4.78, 5) is 47.8. The molecule has 3 aromatic carbocycles. The van der Waals surface area contributed by atoms with Gasteiger partial charge in [0.05, 0.1) is 19.9 Å². The fraction of sp³-hybridized carbons (Fsp3) is 0.276. The first-order chi connectivity index (χ1) is 17.9. The minimum absolute atomic E-state index is 0.0560. The van der Waals surface area contributed by atoms with E-state index in [2.05, 4.69) is 0 Å². The molecule has 2 aliphatic heterocycles. The van der Waals surface area contributed by atoms with Crippen molar-refractivity contribution in [3.8, 4) is 0 Å². The Morgan fingerprint density at radius 2 is 1.43 bits per heavy atom. The molecule has 0 aromatic heterocycles. The van der Waals surface area contributed by atoms with Crippen molar-refractivity contribution < 1.29 is 28.7 Å². The van der Waals surface area contributed by atoms with Crippen molar-refractivity contribution in [1.82, 2.24) is 0 Å². The van der Waals surface area contributed by atoms with Crippen molar-refractivity contribution in [1.29, 1.82) is 0 Å². The van der Waals surface area contributed by atoms with Crippen LogP contribution in [0.5, 0.6) is 0 Å². The van der Waals surface area contributed by atoms with Gasteiger partial charge in [-0.1, -0.05) is 66.2 Å². The summed E-state index contributed by atoms with van der Waals surface area (Å²) in [5, 5.41) is 1.62. The van der Waals surface area contributed by atoms with Crippen molar-refractivity contribution in [3.05, 3.63) is 96.1 Å². The molecule has 2 aliphatic rings. The molecule has 2 fully saturated rings. The van der Waals surface area contributed by atoms with Gasteiger partial charge in [0.15, 0.2) is 12.0 Å². The first-order valence-electron chi connectivity index (χ1n) is 12.0. The zero-order chi connectivity index (χ0) is 26.2. The number of rotatable bonds is 7. The lowest BCUT2D eigenvalue weighted by atomic mass is 9.67. The van der Waals surface area contributed by atoms with Crippen molar-refractivity contribution in [2.45, 2.75) is 31.0 Å². The van der Waals surface area contributed by atoms with E-state index in [0.29, 0.717) is 11.4 Å². The minimum atomic E-state index is -1.26. The Kier molecular flexibility index (Phi) is 6.43. The molecule has 190 valence electrons. The van der Waals surface area contributed by atoms with E-state index in [1.165, 1.54) is 14.2 Å². The standard InChI is InChI=1S/C29H28N2O6/c1-19-14-16-22(17-15-19)31-24-26(32)30(21-12-8-5-9-13-21)29(24,18-23(27(33)35-2)28(34)36-3)25(37-31)20-10-6-4-7-11-20/h4-17,23-25H,18H2,1-3H3/t24-,25+,29+/m0/s1. The minimum Gasteiger partial charge on any atom is -0.468 e. The molecule has 8 nitrogen and oxygen atoms in total. The molecule has 0 spiro atoms. The molecule has 2 saturated heterocycles. The van der Waals surface area contributed by atoms with Gasteiger partial charge in [0, 0.05) is 12.1 Å². The number of carbonyl (C=O) groups is 3. The van der Waals surface area contributed by atoms with Crippen LogP contribution in [0.15, 0.2) is 84.9 Å². The lowest BCUT2D eigenvalue weighted by molar-refractivity contribution is -0.161. The van der Waals surface area contributed by atoms with Crippen LogP contribution in [-0.2, 0) is 28.7 Å². The summed E-state index contributed by atoms with van der Waals surface area (Å²) in [6, 6.07) is 25.6. The topological polar surface area (TPSA) is 85.4 Å². The third kappa shape index (κ3) is 3.94. The average molecular weight is 501 g/mol. The number of hydroxylamine groups is 1. The smallest absolute Gasteiger partial charge is 0.320 e. The van der Waals surface area contributed by atoms with Crippen molar-refractivity contribution in [2.75, 3.05) is 24.2 Å². The number of hydrogen-bond donors (Lipinski definition) is 0. The molecule has 3 aromatic rings. The van der Waals surface area contributed by atoms with Gasteiger partial charge in [-0.2, -0.15) is 0 Å². The highest BCUT2D eigenvalue weighted by atomic mass is 16.7. The predicted octanol–water partition coefficient (Wildman–Crippen LogP) is 3.99. The number of fused-ring (bicyclic) bond motifs is 1. The molecule has 2 heterocycles. The SMILES string of the molecule is COC(=O)C(C[C@]12[C@@H](c3ccccc3)ON(c3ccc(C)cc3)[C@H]1C(=O)N2c1ccccc1)C(=O)OC. The molecule has 8 heteroatoms. The van der Waals surface area contributed by atoms with E-state index < -0.39 is 35.5 Å². The van der Waals surface area contributed by atoms with Gasteiger partial charge in [0.25, 0.3) is 5.91 Å². The first kappa shape index (κ1) is 24.5. The van der Waals surface area contributed by atoms with Crippen molar-refractivity contribution in [2.24, 2.45) is 5.92 Å². The van der Waals surface area contributed by atoms with Crippen LogP contribution in [0.25, 0.3) is 0 Å². The van der Waals surface area contributed by atoms with Crippen LogP contribution in [0.2, 0.25) is 0 Å². The summed E-state index contributed by atoms with van der Waals surface area (Å²) >= 11 is 0. The van der Waals surface area contributed by atoms with E-state index >= 15 is 0 Å². The maximum Gasteiger partial charge on any atom is 0.320 e. The molecule has 1 amide bonds. The molecule has 5 rings (SSSR count). The Labute approximate surface area is 215 Å². The molecule has 0 N–H and O–H groups in total. The van der Waals surface area contributed by atoms with E-state index in [1.54, 1.807) is 9.96 Å². The maximum atomic E-state index is 13.9. The number of β-lactam (4-membered cyclic amide) rings is 1. The monoisotopic (exact) mass is 500 g/mol. The summed E-state index contributed by atoms with van der Waals surface area (Å²) in [6.45, 7) is 1.98. The highest BCUT2D eigenvalue weighted by Gasteiger charge is 2.73. The third-order valence-electron chi connectivity index (χ3n) is 7.16. The Bertz CT molecular complexity index is 1280. The van der Waals surface area contributed by atoms with Gasteiger partial charge in [-0.05, 0) is 36.8 Å². The summed E-state index contributed by atoms with van der Waals surface area (Å²) in [7, 11) is 2.46. The number of methoxy groups -OCH3 is 2. The van der Waals surface area contributed by atoms with Crippen molar-refractivity contribution in [3.63, 3.8) is 0 Å². The molecule has 0 radical (unpaired) electrons. The Morgan fingerprint density at radius 3 is 2.00 bits per heavy atom. The number of amides is 1. The Balaban J connectivity index is 1.71. The van der Waals surface area contributed by atoms with Gasteiger partial charge in [0.2, 0.25) is 0 Å². The second-order valence-corrected chi connectivity index (χ2v) is 9.26. The number of aryl methyl sites for hydroxylation is 1. The maximum absolute atomic E-state index is 13.9. The number of carbonyl (C=O) groups excluding carboxylic acids is 3. The van der Waals surface area contributed by atoms with Gasteiger partial charge < -0.3 is 9.47 Å². The van der Waals surface area contributed by atoms with Gasteiger partial charge in [-0.25, -0.2) is 5.06 Å². The van der Waals surface area contributed by atoms with Gasteiger partial charge in [0.1, 0.15) is 11.6 Å².